The molecule has 0 aromatic heterocycles. The van der Waals surface area contributed by atoms with E-state index in [0.29, 0.717) is 0 Å². The molecule has 0 saturated carbocycles. The predicted octanol–water partition coefficient (Wildman–Crippen LogP) is 5.75. The largest absolute Gasteiger partial charge is 0.307 e. The zero-order valence-corrected chi connectivity index (χ0v) is 16.0. The summed E-state index contributed by atoms with van der Waals surface area (Å²) < 4.78 is 0. The second kappa shape index (κ2) is 13.1. The number of hydrogen-bond donors (Lipinski definition) is 0. The molecule has 0 aliphatic rings. The van der Waals surface area contributed by atoms with Crippen molar-refractivity contribution in [1.29, 1.82) is 0 Å². The molecule has 0 unspecified atom stereocenters. The lowest BCUT2D eigenvalue weighted by molar-refractivity contribution is 0.354. The SMILES string of the molecule is CCCC[P+](CCCC)(CCCC)CCCN(C)CC. The lowest BCUT2D eigenvalue weighted by Gasteiger charge is -2.28. The van der Waals surface area contributed by atoms with Crippen molar-refractivity contribution in [2.45, 2.75) is 72.6 Å². The molecular weight excluding hydrogens is 261 g/mol. The first-order valence-electron chi connectivity index (χ1n) is 9.17. The van der Waals surface area contributed by atoms with Crippen molar-refractivity contribution >= 4 is 7.26 Å². The molecule has 0 amide bonds. The molecule has 0 rings (SSSR count). The Labute approximate surface area is 130 Å². The van der Waals surface area contributed by atoms with Crippen LogP contribution in [0.15, 0.2) is 0 Å². The van der Waals surface area contributed by atoms with Gasteiger partial charge in [-0.1, -0.05) is 47.0 Å². The lowest BCUT2D eigenvalue weighted by atomic mass is 10.4. The maximum absolute atomic E-state index is 2.48. The Bertz CT molecular complexity index is 184. The molecule has 0 fully saturated rings. The van der Waals surface area contributed by atoms with Gasteiger partial charge in [-0.05, 0) is 39.3 Å². The van der Waals surface area contributed by atoms with Crippen LogP contribution in [0.2, 0.25) is 0 Å². The van der Waals surface area contributed by atoms with E-state index in [1.165, 1.54) is 58.0 Å². The van der Waals surface area contributed by atoms with Crippen molar-refractivity contribution in [2.24, 2.45) is 0 Å². The number of nitrogens with zero attached hydrogens (tertiary/aromatic N) is 1. The van der Waals surface area contributed by atoms with E-state index in [2.05, 4.69) is 39.6 Å². The zero-order valence-electron chi connectivity index (χ0n) is 15.1. The van der Waals surface area contributed by atoms with E-state index in [0.717, 1.165) is 0 Å². The van der Waals surface area contributed by atoms with Crippen LogP contribution in [-0.4, -0.2) is 49.7 Å². The topological polar surface area (TPSA) is 3.24 Å². The van der Waals surface area contributed by atoms with Gasteiger partial charge in [0.15, 0.2) is 0 Å². The van der Waals surface area contributed by atoms with Crippen LogP contribution in [0.4, 0.5) is 0 Å². The lowest BCUT2D eigenvalue weighted by Crippen LogP contribution is -2.21. The smallest absolute Gasteiger partial charge is 0.0606 e. The Morgan fingerprint density at radius 2 is 1.05 bits per heavy atom. The molecule has 0 spiro atoms. The first kappa shape index (κ1) is 20.4. The second-order valence-corrected chi connectivity index (χ2v) is 11.0. The third-order valence-corrected chi connectivity index (χ3v) is 9.73. The van der Waals surface area contributed by atoms with Gasteiger partial charge in [0.25, 0.3) is 0 Å². The molecule has 0 bridgehead atoms. The first-order valence-corrected chi connectivity index (χ1v) is 11.7. The molecule has 0 heterocycles. The summed E-state index contributed by atoms with van der Waals surface area (Å²) >= 11 is 0. The van der Waals surface area contributed by atoms with Gasteiger partial charge >= 0.3 is 0 Å². The van der Waals surface area contributed by atoms with E-state index in [-0.39, 0.29) is 0 Å². The fourth-order valence-corrected chi connectivity index (χ4v) is 8.10. The van der Waals surface area contributed by atoms with Crippen molar-refractivity contribution in [3.8, 4) is 0 Å². The predicted molar refractivity (Wildman–Crippen MR) is 98.9 cm³/mol. The fourth-order valence-electron chi connectivity index (χ4n) is 2.99. The van der Waals surface area contributed by atoms with Crippen LogP contribution in [0, 0.1) is 0 Å². The normalized spacial score (nSPS) is 12.3. The van der Waals surface area contributed by atoms with Gasteiger partial charge < -0.3 is 4.90 Å². The maximum Gasteiger partial charge on any atom is 0.0606 e. The van der Waals surface area contributed by atoms with Crippen molar-refractivity contribution in [3.05, 3.63) is 0 Å². The van der Waals surface area contributed by atoms with Gasteiger partial charge in [-0.25, -0.2) is 0 Å². The van der Waals surface area contributed by atoms with Gasteiger partial charge in [0.1, 0.15) is 0 Å². The van der Waals surface area contributed by atoms with Gasteiger partial charge in [-0.2, -0.15) is 0 Å². The Morgan fingerprint density at radius 3 is 1.40 bits per heavy atom. The Kier molecular flexibility index (Phi) is 13.3. The number of hydrogen-bond acceptors (Lipinski definition) is 1. The third kappa shape index (κ3) is 9.35. The Hall–Kier alpha value is 0.390. The molecule has 0 atom stereocenters. The van der Waals surface area contributed by atoms with Crippen molar-refractivity contribution < 1.29 is 0 Å². The minimum absolute atomic E-state index is 0.639. The summed E-state index contributed by atoms with van der Waals surface area (Å²) in [7, 11) is 1.63. The summed E-state index contributed by atoms with van der Waals surface area (Å²) in [5, 5.41) is 0. The highest BCUT2D eigenvalue weighted by molar-refractivity contribution is 7.75. The van der Waals surface area contributed by atoms with Crippen LogP contribution in [0.1, 0.15) is 72.6 Å². The quantitative estimate of drug-likeness (QED) is 0.369. The molecule has 1 nitrogen and oxygen atoms in total. The molecular formula is C18H41NP+. The molecule has 0 saturated heterocycles. The zero-order chi connectivity index (χ0) is 15.3. The molecule has 0 radical (unpaired) electrons. The molecule has 20 heavy (non-hydrogen) atoms. The first-order chi connectivity index (χ1) is 9.64. The van der Waals surface area contributed by atoms with Gasteiger partial charge in [0, 0.05) is 13.8 Å². The third-order valence-electron chi connectivity index (χ3n) is 4.67. The monoisotopic (exact) mass is 302 g/mol. The van der Waals surface area contributed by atoms with Crippen LogP contribution in [0.5, 0.6) is 0 Å². The highest BCUT2D eigenvalue weighted by atomic mass is 31.2. The summed E-state index contributed by atoms with van der Waals surface area (Å²) in [5.74, 6) is 0. The standard InChI is InChI=1S/C18H41NP/c1-6-10-15-20(16-11-7-2,17-12-8-3)18-13-14-19(5)9-4/h6-18H2,1-5H3/q+1. The molecule has 122 valence electrons. The maximum atomic E-state index is 2.48. The summed E-state index contributed by atoms with van der Waals surface area (Å²) in [4.78, 5) is 2.48. The van der Waals surface area contributed by atoms with Crippen LogP contribution in [-0.2, 0) is 0 Å². The molecule has 0 aromatic rings. The van der Waals surface area contributed by atoms with Crippen LogP contribution in [0.25, 0.3) is 0 Å². The molecule has 0 aliphatic heterocycles. The van der Waals surface area contributed by atoms with E-state index in [1.54, 1.807) is 24.6 Å². The van der Waals surface area contributed by atoms with E-state index in [9.17, 15) is 0 Å². The van der Waals surface area contributed by atoms with E-state index in [1.807, 2.05) is 0 Å². The molecule has 2 heteroatoms. The van der Waals surface area contributed by atoms with E-state index in [4.69, 9.17) is 0 Å². The van der Waals surface area contributed by atoms with E-state index >= 15 is 0 Å². The van der Waals surface area contributed by atoms with Crippen molar-refractivity contribution in [2.75, 3.05) is 44.8 Å². The van der Waals surface area contributed by atoms with Gasteiger partial charge in [-0.3, -0.25) is 0 Å². The molecule has 0 N–H and O–H groups in total. The Balaban J connectivity index is 4.49. The minimum atomic E-state index is -0.639. The fraction of sp³-hybridized carbons (Fsp3) is 1.00. The van der Waals surface area contributed by atoms with Crippen LogP contribution in [0.3, 0.4) is 0 Å². The van der Waals surface area contributed by atoms with Gasteiger partial charge in [-0.15, -0.1) is 0 Å². The van der Waals surface area contributed by atoms with Gasteiger partial charge in [0.05, 0.1) is 24.6 Å². The molecule has 0 aliphatic carbocycles. The molecule has 0 aromatic carbocycles. The summed E-state index contributed by atoms with van der Waals surface area (Å²) in [6.07, 6.45) is 16.3. The van der Waals surface area contributed by atoms with Crippen molar-refractivity contribution in [3.63, 3.8) is 0 Å². The van der Waals surface area contributed by atoms with E-state index < -0.39 is 7.26 Å². The van der Waals surface area contributed by atoms with Crippen LogP contribution >= 0.6 is 7.26 Å². The summed E-state index contributed by atoms with van der Waals surface area (Å²) in [6, 6.07) is 0. The number of rotatable bonds is 14. The average Bonchev–Trinajstić information content (AvgIpc) is 2.48. The number of unbranched alkanes of at least 4 members (excludes halogenated alkanes) is 3. The van der Waals surface area contributed by atoms with Crippen LogP contribution < -0.4 is 0 Å². The Morgan fingerprint density at radius 1 is 0.650 bits per heavy atom. The summed E-state index contributed by atoms with van der Waals surface area (Å²) in [5.41, 5.74) is 0. The average molecular weight is 303 g/mol. The minimum Gasteiger partial charge on any atom is -0.307 e. The second-order valence-electron chi connectivity index (χ2n) is 6.55. The summed E-state index contributed by atoms with van der Waals surface area (Å²) in [6.45, 7) is 11.9. The van der Waals surface area contributed by atoms with Gasteiger partial charge in [0.2, 0.25) is 0 Å². The highest BCUT2D eigenvalue weighted by Gasteiger charge is 2.34. The van der Waals surface area contributed by atoms with Crippen molar-refractivity contribution in [1.82, 2.24) is 4.90 Å². The highest BCUT2D eigenvalue weighted by Crippen LogP contribution is 2.61.